The van der Waals surface area contributed by atoms with Crippen LogP contribution in [0.25, 0.3) is 10.4 Å². The number of nitrogens with zero attached hydrogens (tertiary/aromatic N) is 3. The van der Waals surface area contributed by atoms with Gasteiger partial charge in [-0.2, -0.15) is 0 Å². The molecule has 0 aliphatic rings. The molecular weight excluding hydrogens is 324 g/mol. The molecule has 124 valence electrons. The van der Waals surface area contributed by atoms with E-state index in [0.717, 1.165) is 22.8 Å². The highest BCUT2D eigenvalue weighted by molar-refractivity contribution is 7.17. The molecule has 0 aliphatic heterocycles. The number of hydrogen-bond donors (Lipinski definition) is 1. The first-order valence-corrected chi connectivity index (χ1v) is 8.42. The van der Waals surface area contributed by atoms with Crippen LogP contribution in [0.3, 0.4) is 0 Å². The molecule has 7 heteroatoms. The van der Waals surface area contributed by atoms with Gasteiger partial charge in [0.25, 0.3) is 5.91 Å². The zero-order chi connectivity index (χ0) is 16.9. The first-order chi connectivity index (χ1) is 11.7. The van der Waals surface area contributed by atoms with E-state index in [1.807, 2.05) is 47.9 Å². The number of amides is 1. The molecule has 3 aromatic rings. The molecule has 0 saturated carbocycles. The Labute approximate surface area is 144 Å². The van der Waals surface area contributed by atoms with E-state index in [4.69, 9.17) is 4.74 Å². The van der Waals surface area contributed by atoms with Gasteiger partial charge in [-0.25, -0.2) is 0 Å². The highest BCUT2D eigenvalue weighted by Gasteiger charge is 2.18. The molecule has 0 radical (unpaired) electrons. The second-order valence-electron chi connectivity index (χ2n) is 5.09. The molecule has 0 fully saturated rings. The Morgan fingerprint density at radius 3 is 2.83 bits per heavy atom. The van der Waals surface area contributed by atoms with Crippen molar-refractivity contribution in [3.63, 3.8) is 0 Å². The molecule has 2 aromatic heterocycles. The number of ether oxygens (including phenoxy) is 1. The Bertz CT molecular complexity index is 826. The largest absolute Gasteiger partial charge is 0.495 e. The van der Waals surface area contributed by atoms with Crippen LogP contribution in [-0.2, 0) is 13.1 Å². The van der Waals surface area contributed by atoms with Gasteiger partial charge in [-0.3, -0.25) is 4.79 Å². The maximum atomic E-state index is 12.5. The fraction of sp³-hybridized carbons (Fsp3) is 0.235. The summed E-state index contributed by atoms with van der Waals surface area (Å²) in [7, 11) is 1.57. The van der Waals surface area contributed by atoms with Crippen molar-refractivity contribution in [3.05, 3.63) is 53.4 Å². The maximum absolute atomic E-state index is 12.5. The Balaban J connectivity index is 1.78. The zero-order valence-corrected chi connectivity index (χ0v) is 14.3. The molecule has 24 heavy (non-hydrogen) atoms. The first kappa shape index (κ1) is 16.2. The van der Waals surface area contributed by atoms with Gasteiger partial charge in [0, 0.05) is 11.4 Å². The highest BCUT2D eigenvalue weighted by Crippen LogP contribution is 2.36. The van der Waals surface area contributed by atoms with E-state index < -0.39 is 0 Å². The smallest absolute Gasteiger partial charge is 0.265 e. The van der Waals surface area contributed by atoms with Gasteiger partial charge in [0.15, 0.2) is 5.82 Å². The lowest BCUT2D eigenvalue weighted by Gasteiger charge is -2.06. The number of carbonyl (C=O) groups excluding carboxylic acids is 1. The lowest BCUT2D eigenvalue weighted by molar-refractivity contribution is 0.0951. The summed E-state index contributed by atoms with van der Waals surface area (Å²) < 4.78 is 7.26. The van der Waals surface area contributed by atoms with Crippen molar-refractivity contribution in [1.29, 1.82) is 0 Å². The van der Waals surface area contributed by atoms with Gasteiger partial charge >= 0.3 is 0 Å². The number of thiophene rings is 1. The molecule has 6 nitrogen and oxygen atoms in total. The SMILES string of the molecule is CCn1cnnc1CNC(=O)c1sc(-c2ccccc2)cc1OC. The van der Waals surface area contributed by atoms with Crippen LogP contribution in [0.1, 0.15) is 22.4 Å². The molecule has 0 unspecified atom stereocenters. The minimum Gasteiger partial charge on any atom is -0.495 e. The number of benzene rings is 1. The molecule has 0 spiro atoms. The van der Waals surface area contributed by atoms with Crippen molar-refractivity contribution < 1.29 is 9.53 Å². The number of hydrogen-bond acceptors (Lipinski definition) is 5. The number of carbonyl (C=O) groups is 1. The molecule has 3 rings (SSSR count). The van der Waals surface area contributed by atoms with Crippen molar-refractivity contribution in [1.82, 2.24) is 20.1 Å². The Morgan fingerprint density at radius 2 is 2.12 bits per heavy atom. The van der Waals surface area contributed by atoms with Gasteiger partial charge in [-0.15, -0.1) is 21.5 Å². The van der Waals surface area contributed by atoms with Crippen LogP contribution < -0.4 is 10.1 Å². The molecule has 1 N–H and O–H groups in total. The zero-order valence-electron chi connectivity index (χ0n) is 13.5. The average Bonchev–Trinajstić information content (AvgIpc) is 3.26. The summed E-state index contributed by atoms with van der Waals surface area (Å²) in [5.41, 5.74) is 1.06. The van der Waals surface area contributed by atoms with Crippen LogP contribution in [0.2, 0.25) is 0 Å². The second kappa shape index (κ2) is 7.27. The van der Waals surface area contributed by atoms with E-state index in [2.05, 4.69) is 15.5 Å². The molecule has 0 bridgehead atoms. The second-order valence-corrected chi connectivity index (χ2v) is 6.14. The summed E-state index contributed by atoms with van der Waals surface area (Å²) in [6.07, 6.45) is 1.65. The fourth-order valence-corrected chi connectivity index (χ4v) is 3.40. The van der Waals surface area contributed by atoms with E-state index in [1.165, 1.54) is 11.3 Å². The van der Waals surface area contributed by atoms with E-state index in [1.54, 1.807) is 13.4 Å². The van der Waals surface area contributed by atoms with Crippen LogP contribution in [0.5, 0.6) is 5.75 Å². The molecular formula is C17H18N4O2S. The van der Waals surface area contributed by atoms with Gasteiger partial charge in [0.2, 0.25) is 0 Å². The summed E-state index contributed by atoms with van der Waals surface area (Å²) in [6, 6.07) is 11.8. The molecule has 0 saturated heterocycles. The van der Waals surface area contributed by atoms with Crippen molar-refractivity contribution in [2.45, 2.75) is 20.0 Å². The van der Waals surface area contributed by atoms with Gasteiger partial charge in [-0.05, 0) is 18.6 Å². The third-order valence-electron chi connectivity index (χ3n) is 3.63. The Morgan fingerprint density at radius 1 is 1.33 bits per heavy atom. The summed E-state index contributed by atoms with van der Waals surface area (Å²) >= 11 is 1.41. The van der Waals surface area contributed by atoms with Gasteiger partial charge in [0.05, 0.1) is 13.7 Å². The molecule has 0 atom stereocenters. The monoisotopic (exact) mass is 342 g/mol. The maximum Gasteiger partial charge on any atom is 0.265 e. The fourth-order valence-electron chi connectivity index (χ4n) is 2.35. The Kier molecular flexibility index (Phi) is 4.90. The predicted octanol–water partition coefficient (Wildman–Crippen LogP) is 2.97. The van der Waals surface area contributed by atoms with E-state index in [0.29, 0.717) is 17.2 Å². The summed E-state index contributed by atoms with van der Waals surface area (Å²) in [5.74, 6) is 1.13. The van der Waals surface area contributed by atoms with Crippen LogP contribution in [0.15, 0.2) is 42.7 Å². The standard InChI is InChI=1S/C17H18N4O2S/c1-3-21-11-19-20-15(21)10-18-17(22)16-13(23-2)9-14(24-16)12-7-5-4-6-8-12/h4-9,11H,3,10H2,1-2H3,(H,18,22). The summed E-state index contributed by atoms with van der Waals surface area (Å²) in [4.78, 5) is 14.1. The lowest BCUT2D eigenvalue weighted by atomic mass is 10.2. The minimum atomic E-state index is -0.176. The van der Waals surface area contributed by atoms with Crippen molar-refractivity contribution >= 4 is 17.2 Å². The summed E-state index contributed by atoms with van der Waals surface area (Å²) in [5, 5.41) is 10.8. The van der Waals surface area contributed by atoms with Crippen molar-refractivity contribution in [3.8, 4) is 16.2 Å². The first-order valence-electron chi connectivity index (χ1n) is 7.61. The van der Waals surface area contributed by atoms with Gasteiger partial charge in [-0.1, -0.05) is 30.3 Å². The minimum absolute atomic E-state index is 0.176. The molecule has 1 aromatic carbocycles. The third kappa shape index (κ3) is 3.30. The molecule has 0 aliphatic carbocycles. The van der Waals surface area contributed by atoms with E-state index >= 15 is 0 Å². The third-order valence-corrected chi connectivity index (χ3v) is 4.79. The van der Waals surface area contributed by atoms with Crippen molar-refractivity contribution in [2.24, 2.45) is 0 Å². The van der Waals surface area contributed by atoms with Crippen LogP contribution in [0.4, 0.5) is 0 Å². The average molecular weight is 342 g/mol. The molecule has 1 amide bonds. The number of aryl methyl sites for hydroxylation is 1. The van der Waals surface area contributed by atoms with Crippen molar-refractivity contribution in [2.75, 3.05) is 7.11 Å². The number of methoxy groups -OCH3 is 1. The number of nitrogens with one attached hydrogen (secondary N) is 1. The molecule has 2 heterocycles. The predicted molar refractivity (Wildman–Crippen MR) is 93.2 cm³/mol. The van der Waals surface area contributed by atoms with Gasteiger partial charge in [0.1, 0.15) is 17.0 Å². The van der Waals surface area contributed by atoms with Crippen LogP contribution >= 0.6 is 11.3 Å². The summed E-state index contributed by atoms with van der Waals surface area (Å²) in [6.45, 7) is 3.09. The van der Waals surface area contributed by atoms with E-state index in [9.17, 15) is 4.79 Å². The number of rotatable bonds is 6. The van der Waals surface area contributed by atoms with Gasteiger partial charge < -0.3 is 14.6 Å². The lowest BCUT2D eigenvalue weighted by Crippen LogP contribution is -2.24. The topological polar surface area (TPSA) is 69.0 Å². The normalized spacial score (nSPS) is 10.6. The van der Waals surface area contributed by atoms with E-state index in [-0.39, 0.29) is 5.91 Å². The number of aromatic nitrogens is 3. The van der Waals surface area contributed by atoms with Crippen LogP contribution in [0, 0.1) is 0 Å². The van der Waals surface area contributed by atoms with Crippen LogP contribution in [-0.4, -0.2) is 27.8 Å². The quantitative estimate of drug-likeness (QED) is 0.748. The Hall–Kier alpha value is -2.67. The highest BCUT2D eigenvalue weighted by atomic mass is 32.1.